The molecule has 0 unspecified atom stereocenters. The van der Waals surface area contributed by atoms with E-state index in [9.17, 15) is 4.79 Å². The third kappa shape index (κ3) is 1.85. The number of hydrogen-bond acceptors (Lipinski definition) is 1. The Labute approximate surface area is 90.7 Å². The molecule has 2 heteroatoms. The summed E-state index contributed by atoms with van der Waals surface area (Å²) in [4.78, 5) is 15.2. The van der Waals surface area contributed by atoms with E-state index < -0.39 is 0 Å². The normalized spacial score (nSPS) is 20.4. The second-order valence-corrected chi connectivity index (χ2v) is 4.95. The predicted octanol–water partition coefficient (Wildman–Crippen LogP) is 2.76. The van der Waals surface area contributed by atoms with Crippen molar-refractivity contribution in [3.05, 3.63) is 33.2 Å². The molecule has 0 aromatic carbocycles. The van der Waals surface area contributed by atoms with Crippen molar-refractivity contribution in [1.82, 2.24) is 4.98 Å². The van der Waals surface area contributed by atoms with Crippen molar-refractivity contribution in [1.29, 1.82) is 0 Å². The molecule has 0 bridgehead atoms. The molecular formula is C13H19NO. The van der Waals surface area contributed by atoms with Gasteiger partial charge in [0.05, 0.1) is 0 Å². The number of pyridine rings is 1. The summed E-state index contributed by atoms with van der Waals surface area (Å²) in [6.45, 7) is 6.44. The molecule has 0 amide bonds. The molecule has 15 heavy (non-hydrogen) atoms. The van der Waals surface area contributed by atoms with Crippen LogP contribution in [0.4, 0.5) is 0 Å². The molecule has 1 N–H and O–H groups in total. The first-order valence-corrected chi connectivity index (χ1v) is 5.82. The zero-order chi connectivity index (χ0) is 11.0. The molecule has 0 saturated carbocycles. The predicted molar refractivity (Wildman–Crippen MR) is 62.3 cm³/mol. The van der Waals surface area contributed by atoms with E-state index in [4.69, 9.17) is 0 Å². The number of hydrogen-bond donors (Lipinski definition) is 1. The Morgan fingerprint density at radius 1 is 1.47 bits per heavy atom. The summed E-state index contributed by atoms with van der Waals surface area (Å²) in [6, 6.07) is 1.72. The van der Waals surface area contributed by atoms with Gasteiger partial charge in [0.1, 0.15) is 0 Å². The van der Waals surface area contributed by atoms with E-state index in [1.165, 1.54) is 12.1 Å². The molecule has 2 rings (SSSR count). The van der Waals surface area contributed by atoms with Gasteiger partial charge >= 0.3 is 0 Å². The lowest BCUT2D eigenvalue weighted by molar-refractivity contribution is 0.421. The fourth-order valence-electron chi connectivity index (χ4n) is 2.62. The number of fused-ring (bicyclic) bond motifs is 1. The molecule has 1 aromatic rings. The minimum absolute atomic E-state index is 0.228. The number of H-pyrrole nitrogens is 1. The highest BCUT2D eigenvalue weighted by Gasteiger charge is 2.25. The largest absolute Gasteiger partial charge is 0.362 e. The average molecular weight is 205 g/mol. The van der Waals surface area contributed by atoms with Crippen LogP contribution in [0.15, 0.2) is 10.9 Å². The highest BCUT2D eigenvalue weighted by molar-refractivity contribution is 5.28. The molecule has 1 atom stereocenters. The van der Waals surface area contributed by atoms with E-state index in [-0.39, 0.29) is 5.43 Å². The van der Waals surface area contributed by atoms with Crippen molar-refractivity contribution in [2.75, 3.05) is 0 Å². The molecule has 0 saturated heterocycles. The van der Waals surface area contributed by atoms with Crippen molar-refractivity contribution < 1.29 is 0 Å². The Morgan fingerprint density at radius 3 is 2.87 bits per heavy atom. The van der Waals surface area contributed by atoms with Gasteiger partial charge in [-0.05, 0) is 32.1 Å². The lowest BCUT2D eigenvalue weighted by atomic mass is 9.80. The first-order valence-electron chi connectivity index (χ1n) is 5.82. The zero-order valence-corrected chi connectivity index (χ0v) is 9.76. The van der Waals surface area contributed by atoms with Crippen LogP contribution in [-0.4, -0.2) is 4.98 Å². The molecule has 82 valence electrons. The quantitative estimate of drug-likeness (QED) is 0.751. The highest BCUT2D eigenvalue weighted by atomic mass is 16.1. The average Bonchev–Trinajstić information content (AvgIpc) is 2.16. The Bertz CT molecular complexity index is 417. The van der Waals surface area contributed by atoms with Crippen molar-refractivity contribution in [3.8, 4) is 0 Å². The maximum atomic E-state index is 11.8. The van der Waals surface area contributed by atoms with Gasteiger partial charge in [-0.15, -0.1) is 0 Å². The first kappa shape index (κ1) is 10.5. The minimum atomic E-state index is 0.228. The maximum absolute atomic E-state index is 11.8. The number of rotatable bonds is 1. The summed E-state index contributed by atoms with van der Waals surface area (Å²) in [5.74, 6) is 1.16. The van der Waals surface area contributed by atoms with Crippen LogP contribution in [-0.2, 0) is 6.42 Å². The van der Waals surface area contributed by atoms with Crippen LogP contribution >= 0.6 is 0 Å². The molecule has 0 radical (unpaired) electrons. The maximum Gasteiger partial charge on any atom is 0.185 e. The summed E-state index contributed by atoms with van der Waals surface area (Å²) in [6.07, 6.45) is 3.32. The van der Waals surface area contributed by atoms with Gasteiger partial charge in [0.15, 0.2) is 5.43 Å². The Morgan fingerprint density at radius 2 is 2.20 bits per heavy atom. The summed E-state index contributed by atoms with van der Waals surface area (Å²) in [5.41, 5.74) is 3.46. The number of nitrogens with one attached hydrogen (secondary N) is 1. The van der Waals surface area contributed by atoms with Gasteiger partial charge in [-0.1, -0.05) is 13.8 Å². The van der Waals surface area contributed by atoms with E-state index in [0.717, 1.165) is 24.1 Å². The van der Waals surface area contributed by atoms with Crippen LogP contribution in [0.2, 0.25) is 0 Å². The highest BCUT2D eigenvalue weighted by Crippen LogP contribution is 2.34. The third-order valence-corrected chi connectivity index (χ3v) is 3.42. The SMILES string of the molecule is Cc1cc(=O)c2c([nH]1)[C@@H](C(C)C)CCC2. The van der Waals surface area contributed by atoms with Gasteiger partial charge in [0, 0.05) is 28.9 Å². The van der Waals surface area contributed by atoms with Gasteiger partial charge in [0.25, 0.3) is 0 Å². The lowest BCUT2D eigenvalue weighted by Crippen LogP contribution is -2.23. The summed E-state index contributed by atoms with van der Waals surface area (Å²) < 4.78 is 0. The second-order valence-electron chi connectivity index (χ2n) is 4.95. The van der Waals surface area contributed by atoms with Gasteiger partial charge < -0.3 is 4.98 Å². The smallest absolute Gasteiger partial charge is 0.185 e. The first-order chi connectivity index (χ1) is 7.09. The van der Waals surface area contributed by atoms with Crippen LogP contribution in [0.1, 0.15) is 49.6 Å². The van der Waals surface area contributed by atoms with Crippen LogP contribution < -0.4 is 5.43 Å². The molecular weight excluding hydrogens is 186 g/mol. The summed E-state index contributed by atoms with van der Waals surface area (Å²) in [5, 5.41) is 0. The molecule has 0 fully saturated rings. The number of aromatic amines is 1. The van der Waals surface area contributed by atoms with E-state index in [0.29, 0.717) is 11.8 Å². The summed E-state index contributed by atoms with van der Waals surface area (Å²) in [7, 11) is 0. The topological polar surface area (TPSA) is 32.9 Å². The fraction of sp³-hybridized carbons (Fsp3) is 0.615. The minimum Gasteiger partial charge on any atom is -0.362 e. The molecule has 1 aromatic heterocycles. The van der Waals surface area contributed by atoms with Crippen LogP contribution in [0.3, 0.4) is 0 Å². The van der Waals surface area contributed by atoms with Gasteiger partial charge in [-0.2, -0.15) is 0 Å². The second kappa shape index (κ2) is 3.84. The molecule has 1 aliphatic carbocycles. The molecule has 2 nitrogen and oxygen atoms in total. The standard InChI is InChI=1S/C13H19NO/c1-8(2)10-5-4-6-11-12(15)7-9(3)14-13(10)11/h7-8,10H,4-6H2,1-3H3,(H,14,15)/t10-/m1/s1. The Kier molecular flexibility index (Phi) is 2.68. The molecule has 1 heterocycles. The van der Waals surface area contributed by atoms with Gasteiger partial charge in [-0.3, -0.25) is 4.79 Å². The van der Waals surface area contributed by atoms with Gasteiger partial charge in [-0.25, -0.2) is 0 Å². The summed E-state index contributed by atoms with van der Waals surface area (Å²) >= 11 is 0. The van der Waals surface area contributed by atoms with Gasteiger partial charge in [0.2, 0.25) is 0 Å². The van der Waals surface area contributed by atoms with Crippen LogP contribution in [0, 0.1) is 12.8 Å². The Balaban J connectivity index is 2.55. The Hall–Kier alpha value is -1.05. The number of aryl methyl sites for hydroxylation is 1. The van der Waals surface area contributed by atoms with Crippen LogP contribution in [0.5, 0.6) is 0 Å². The number of aromatic nitrogens is 1. The van der Waals surface area contributed by atoms with Crippen molar-refractivity contribution in [2.24, 2.45) is 5.92 Å². The molecule has 0 spiro atoms. The third-order valence-electron chi connectivity index (χ3n) is 3.42. The van der Waals surface area contributed by atoms with E-state index in [1.54, 1.807) is 6.07 Å². The molecule has 0 aliphatic heterocycles. The van der Waals surface area contributed by atoms with Crippen molar-refractivity contribution in [3.63, 3.8) is 0 Å². The lowest BCUT2D eigenvalue weighted by Gasteiger charge is -2.28. The van der Waals surface area contributed by atoms with E-state index in [1.807, 2.05) is 6.92 Å². The monoisotopic (exact) mass is 205 g/mol. The van der Waals surface area contributed by atoms with Crippen molar-refractivity contribution in [2.45, 2.75) is 46.0 Å². The molecule has 1 aliphatic rings. The van der Waals surface area contributed by atoms with E-state index in [2.05, 4.69) is 18.8 Å². The fourth-order valence-corrected chi connectivity index (χ4v) is 2.62. The van der Waals surface area contributed by atoms with Crippen LogP contribution in [0.25, 0.3) is 0 Å². The van der Waals surface area contributed by atoms with Crippen molar-refractivity contribution >= 4 is 0 Å². The zero-order valence-electron chi connectivity index (χ0n) is 9.76. The van der Waals surface area contributed by atoms with E-state index >= 15 is 0 Å².